The molecule has 20 heavy (non-hydrogen) atoms. The summed E-state index contributed by atoms with van der Waals surface area (Å²) in [5.41, 5.74) is 1.26. The van der Waals surface area contributed by atoms with Gasteiger partial charge in [0.2, 0.25) is 0 Å². The van der Waals surface area contributed by atoms with Crippen molar-refractivity contribution in [3.63, 3.8) is 0 Å². The van der Waals surface area contributed by atoms with Gasteiger partial charge in [-0.3, -0.25) is 4.79 Å². The Bertz CT molecular complexity index is 490. The number of methoxy groups -OCH3 is 1. The molecule has 0 spiro atoms. The number of ether oxygens (including phenoxy) is 1. The second-order valence-corrected chi connectivity index (χ2v) is 5.34. The zero-order valence-electron chi connectivity index (χ0n) is 11.8. The van der Waals surface area contributed by atoms with E-state index in [9.17, 15) is 9.59 Å². The minimum Gasteiger partial charge on any atom is -0.496 e. The van der Waals surface area contributed by atoms with Crippen molar-refractivity contribution in [3.8, 4) is 5.75 Å². The largest absolute Gasteiger partial charge is 0.496 e. The van der Waals surface area contributed by atoms with Gasteiger partial charge >= 0.3 is 5.97 Å². The maximum absolute atomic E-state index is 12.2. The summed E-state index contributed by atoms with van der Waals surface area (Å²) in [7, 11) is 1.48. The van der Waals surface area contributed by atoms with Crippen molar-refractivity contribution < 1.29 is 19.4 Å². The molecule has 1 atom stereocenters. The number of nitrogens with one attached hydrogen (secondary N) is 1. The highest BCUT2D eigenvalue weighted by atomic mass is 32.2. The van der Waals surface area contributed by atoms with E-state index in [0.29, 0.717) is 23.5 Å². The molecular weight excluding hydrogens is 278 g/mol. The standard InChI is InChI=1S/C14H19NO4S/c1-9-4-5-12(19-2)10(8-9)13(16)15-11(14(17)18)6-7-20-3/h4-5,8,11H,6-7H2,1-3H3,(H,15,16)(H,17,18)/t11-/m1/s1. The van der Waals surface area contributed by atoms with Crippen LogP contribution >= 0.6 is 11.8 Å². The molecule has 5 nitrogen and oxygen atoms in total. The maximum atomic E-state index is 12.2. The number of aryl methyl sites for hydroxylation is 1. The monoisotopic (exact) mass is 297 g/mol. The van der Waals surface area contributed by atoms with Crippen LogP contribution in [0.4, 0.5) is 0 Å². The Morgan fingerprint density at radius 2 is 2.15 bits per heavy atom. The molecule has 0 saturated carbocycles. The van der Waals surface area contributed by atoms with Crippen LogP contribution in [-0.2, 0) is 4.79 Å². The van der Waals surface area contributed by atoms with E-state index in [2.05, 4.69) is 5.32 Å². The third kappa shape index (κ3) is 4.45. The second kappa shape index (κ2) is 7.79. The van der Waals surface area contributed by atoms with Gasteiger partial charge in [0.1, 0.15) is 11.8 Å². The Morgan fingerprint density at radius 3 is 2.70 bits per heavy atom. The second-order valence-electron chi connectivity index (χ2n) is 4.35. The van der Waals surface area contributed by atoms with E-state index in [-0.39, 0.29) is 0 Å². The number of benzene rings is 1. The molecule has 0 aliphatic rings. The number of hydrogen-bond donors (Lipinski definition) is 2. The summed E-state index contributed by atoms with van der Waals surface area (Å²) >= 11 is 1.54. The molecule has 1 aromatic rings. The first-order valence-corrected chi connectivity index (χ1v) is 7.56. The van der Waals surface area contributed by atoms with Gasteiger partial charge < -0.3 is 15.2 Å². The average Bonchev–Trinajstić information content (AvgIpc) is 2.42. The normalized spacial score (nSPS) is 11.8. The van der Waals surface area contributed by atoms with Crippen LogP contribution in [0.3, 0.4) is 0 Å². The van der Waals surface area contributed by atoms with E-state index in [1.807, 2.05) is 19.2 Å². The van der Waals surface area contributed by atoms with Crippen molar-refractivity contribution in [2.45, 2.75) is 19.4 Å². The summed E-state index contributed by atoms with van der Waals surface area (Å²) < 4.78 is 5.13. The van der Waals surface area contributed by atoms with Crippen LogP contribution in [-0.4, -0.2) is 42.1 Å². The number of aliphatic carboxylic acids is 1. The van der Waals surface area contributed by atoms with Gasteiger partial charge in [-0.2, -0.15) is 11.8 Å². The summed E-state index contributed by atoms with van der Waals surface area (Å²) in [4.78, 5) is 23.3. The number of amides is 1. The molecular formula is C14H19NO4S. The first-order chi connectivity index (χ1) is 9.49. The molecule has 1 amide bonds. The molecule has 0 fully saturated rings. The van der Waals surface area contributed by atoms with Crippen molar-refractivity contribution >= 4 is 23.6 Å². The van der Waals surface area contributed by atoms with E-state index in [1.165, 1.54) is 7.11 Å². The Hall–Kier alpha value is -1.69. The van der Waals surface area contributed by atoms with Crippen LogP contribution < -0.4 is 10.1 Å². The number of hydrogen-bond acceptors (Lipinski definition) is 4. The van der Waals surface area contributed by atoms with Gasteiger partial charge in [0, 0.05) is 0 Å². The Balaban J connectivity index is 2.88. The van der Waals surface area contributed by atoms with Gasteiger partial charge in [0.15, 0.2) is 0 Å². The predicted octanol–water partition coefficient (Wildman–Crippen LogP) is 1.94. The van der Waals surface area contributed by atoms with Gasteiger partial charge in [-0.1, -0.05) is 11.6 Å². The fourth-order valence-electron chi connectivity index (χ4n) is 1.73. The number of carboxylic acid groups (broad SMARTS) is 1. The van der Waals surface area contributed by atoms with Crippen LogP contribution in [0.5, 0.6) is 5.75 Å². The number of thioether (sulfide) groups is 1. The molecule has 0 bridgehead atoms. The molecule has 0 unspecified atom stereocenters. The maximum Gasteiger partial charge on any atom is 0.326 e. The first kappa shape index (κ1) is 16.4. The lowest BCUT2D eigenvalue weighted by Gasteiger charge is -2.15. The van der Waals surface area contributed by atoms with Crippen molar-refractivity contribution in [3.05, 3.63) is 29.3 Å². The SMILES string of the molecule is COc1ccc(C)cc1C(=O)N[C@H](CCSC)C(=O)O. The van der Waals surface area contributed by atoms with Gasteiger partial charge in [-0.05, 0) is 37.5 Å². The lowest BCUT2D eigenvalue weighted by Crippen LogP contribution is -2.41. The van der Waals surface area contributed by atoms with E-state index in [0.717, 1.165) is 5.56 Å². The summed E-state index contributed by atoms with van der Waals surface area (Å²) in [5.74, 6) is -0.359. The van der Waals surface area contributed by atoms with Gasteiger partial charge in [-0.25, -0.2) is 4.79 Å². The topological polar surface area (TPSA) is 75.6 Å². The summed E-state index contributed by atoms with van der Waals surface area (Å²) in [6.07, 6.45) is 2.28. The number of rotatable bonds is 7. The van der Waals surface area contributed by atoms with Crippen molar-refractivity contribution in [1.82, 2.24) is 5.32 Å². The molecule has 110 valence electrons. The smallest absolute Gasteiger partial charge is 0.326 e. The predicted molar refractivity (Wildman–Crippen MR) is 79.6 cm³/mol. The number of carbonyl (C=O) groups is 2. The van der Waals surface area contributed by atoms with Crippen molar-refractivity contribution in [2.75, 3.05) is 19.1 Å². The molecule has 0 aliphatic carbocycles. The fourth-order valence-corrected chi connectivity index (χ4v) is 2.20. The highest BCUT2D eigenvalue weighted by Crippen LogP contribution is 2.19. The van der Waals surface area contributed by atoms with Crippen LogP contribution in [0.25, 0.3) is 0 Å². The minimum absolute atomic E-state index is 0.350. The molecule has 6 heteroatoms. The fraction of sp³-hybridized carbons (Fsp3) is 0.429. The average molecular weight is 297 g/mol. The van der Waals surface area contributed by atoms with E-state index in [1.54, 1.807) is 23.9 Å². The third-order valence-electron chi connectivity index (χ3n) is 2.81. The van der Waals surface area contributed by atoms with E-state index in [4.69, 9.17) is 9.84 Å². The number of carboxylic acids is 1. The van der Waals surface area contributed by atoms with E-state index >= 15 is 0 Å². The Morgan fingerprint density at radius 1 is 1.45 bits per heavy atom. The number of carbonyl (C=O) groups excluding carboxylic acids is 1. The quantitative estimate of drug-likeness (QED) is 0.804. The summed E-state index contributed by atoms with van der Waals surface area (Å²) in [6, 6.07) is 4.32. The van der Waals surface area contributed by atoms with Gasteiger partial charge in [0.25, 0.3) is 5.91 Å². The van der Waals surface area contributed by atoms with Crippen molar-refractivity contribution in [2.24, 2.45) is 0 Å². The molecule has 0 aromatic heterocycles. The molecule has 0 heterocycles. The molecule has 2 N–H and O–H groups in total. The van der Waals surface area contributed by atoms with Crippen LogP contribution in [0, 0.1) is 6.92 Å². The first-order valence-electron chi connectivity index (χ1n) is 6.16. The highest BCUT2D eigenvalue weighted by molar-refractivity contribution is 7.98. The molecule has 0 radical (unpaired) electrons. The Kier molecular flexibility index (Phi) is 6.38. The molecule has 0 saturated heterocycles. The van der Waals surface area contributed by atoms with Crippen LogP contribution in [0.1, 0.15) is 22.3 Å². The lowest BCUT2D eigenvalue weighted by atomic mass is 10.1. The summed E-state index contributed by atoms with van der Waals surface area (Å²) in [5, 5.41) is 11.7. The molecule has 1 rings (SSSR count). The Labute approximate surface area is 122 Å². The van der Waals surface area contributed by atoms with E-state index < -0.39 is 17.9 Å². The van der Waals surface area contributed by atoms with Crippen LogP contribution in [0.2, 0.25) is 0 Å². The minimum atomic E-state index is -1.03. The van der Waals surface area contributed by atoms with Gasteiger partial charge in [0.05, 0.1) is 12.7 Å². The lowest BCUT2D eigenvalue weighted by molar-refractivity contribution is -0.139. The van der Waals surface area contributed by atoms with Crippen LogP contribution in [0.15, 0.2) is 18.2 Å². The molecule has 0 aliphatic heterocycles. The molecule has 1 aromatic carbocycles. The summed E-state index contributed by atoms with van der Waals surface area (Å²) in [6.45, 7) is 1.86. The zero-order valence-corrected chi connectivity index (χ0v) is 12.6. The third-order valence-corrected chi connectivity index (χ3v) is 3.46. The van der Waals surface area contributed by atoms with Gasteiger partial charge in [-0.15, -0.1) is 0 Å². The zero-order chi connectivity index (χ0) is 15.1. The van der Waals surface area contributed by atoms with Crippen molar-refractivity contribution in [1.29, 1.82) is 0 Å². The highest BCUT2D eigenvalue weighted by Gasteiger charge is 2.22.